The molecule has 0 bridgehead atoms. The van der Waals surface area contributed by atoms with E-state index in [1.54, 1.807) is 42.5 Å². The van der Waals surface area contributed by atoms with Gasteiger partial charge in [-0.15, -0.1) is 0 Å². The number of urea groups is 1. The predicted molar refractivity (Wildman–Crippen MR) is 135 cm³/mol. The number of amides is 3. The summed E-state index contributed by atoms with van der Waals surface area (Å²) in [5.41, 5.74) is 2.46. The van der Waals surface area contributed by atoms with Gasteiger partial charge in [0.2, 0.25) is 5.91 Å². The Kier molecular flexibility index (Phi) is 7.97. The van der Waals surface area contributed by atoms with E-state index in [-0.39, 0.29) is 5.91 Å². The summed E-state index contributed by atoms with van der Waals surface area (Å²) >= 11 is 0. The van der Waals surface area contributed by atoms with Gasteiger partial charge in [0, 0.05) is 30.8 Å². The van der Waals surface area contributed by atoms with Crippen molar-refractivity contribution >= 4 is 17.6 Å². The molecule has 0 heterocycles. The molecule has 1 unspecified atom stereocenters. The van der Waals surface area contributed by atoms with Gasteiger partial charge in [-0.25, -0.2) is 4.79 Å². The summed E-state index contributed by atoms with van der Waals surface area (Å²) in [6.07, 6.45) is 0.361. The van der Waals surface area contributed by atoms with E-state index in [4.69, 9.17) is 4.74 Å². The number of nitrogens with one attached hydrogen (secondary N) is 3. The van der Waals surface area contributed by atoms with Crippen LogP contribution in [0.15, 0.2) is 103 Å². The third kappa shape index (κ3) is 7.37. The molecule has 0 spiro atoms. The number of hydrogen-bond donors (Lipinski definition) is 3. The zero-order valence-electron chi connectivity index (χ0n) is 19.0. The van der Waals surface area contributed by atoms with Crippen LogP contribution >= 0.6 is 0 Å². The lowest BCUT2D eigenvalue weighted by Gasteiger charge is -2.19. The Balaban J connectivity index is 1.40. The Hall–Kier alpha value is -4.76. The molecule has 0 aliphatic carbocycles. The van der Waals surface area contributed by atoms with Crippen molar-refractivity contribution in [3.63, 3.8) is 0 Å². The lowest BCUT2D eigenvalue weighted by atomic mass is 10.1. The molecule has 0 aliphatic rings. The lowest BCUT2D eigenvalue weighted by molar-refractivity contribution is -0.123. The molecule has 0 saturated carbocycles. The molecule has 4 aromatic rings. The van der Waals surface area contributed by atoms with Crippen molar-refractivity contribution in [2.75, 3.05) is 5.32 Å². The first-order valence-corrected chi connectivity index (χ1v) is 11.2. The molecule has 0 saturated heterocycles. The van der Waals surface area contributed by atoms with Gasteiger partial charge in [-0.1, -0.05) is 78.9 Å². The fourth-order valence-corrected chi connectivity index (χ4v) is 3.46. The van der Waals surface area contributed by atoms with Crippen LogP contribution in [-0.4, -0.2) is 18.0 Å². The van der Waals surface area contributed by atoms with Crippen LogP contribution in [0.25, 0.3) is 0 Å². The second-order valence-electron chi connectivity index (χ2n) is 7.84. The van der Waals surface area contributed by atoms with Crippen molar-refractivity contribution in [1.82, 2.24) is 10.6 Å². The molecular formula is C29H25N3O3. The standard InChI is InChI=1S/C29H25N3O3/c33-28(30-21-23-13-6-2-7-14-23)27(19-22-11-4-1-5-12-22)32-29(34)31-24-15-10-18-26(20-24)35-25-16-8-3-9-17-25/h1-2,4-8,10-18,20,27H,19,21H2,(H,30,33)(H2,31,32,34). The highest BCUT2D eigenvalue weighted by Crippen LogP contribution is 2.23. The molecule has 6 nitrogen and oxygen atoms in total. The molecule has 4 rings (SSSR count). The Morgan fingerprint density at radius 2 is 1.54 bits per heavy atom. The van der Waals surface area contributed by atoms with E-state index in [1.165, 1.54) is 0 Å². The number of carbonyl (C=O) groups excluding carboxylic acids is 2. The minimum atomic E-state index is -0.753. The molecule has 6 heteroatoms. The number of anilines is 1. The Morgan fingerprint density at radius 1 is 0.800 bits per heavy atom. The molecule has 174 valence electrons. The molecule has 3 amide bonds. The number of rotatable bonds is 9. The molecule has 0 radical (unpaired) electrons. The second-order valence-corrected chi connectivity index (χ2v) is 7.84. The van der Waals surface area contributed by atoms with E-state index in [0.29, 0.717) is 30.2 Å². The van der Waals surface area contributed by atoms with Gasteiger partial charge in [-0.3, -0.25) is 4.79 Å². The van der Waals surface area contributed by atoms with E-state index >= 15 is 0 Å². The quantitative estimate of drug-likeness (QED) is 0.322. The summed E-state index contributed by atoms with van der Waals surface area (Å²) in [7, 11) is 0. The van der Waals surface area contributed by atoms with E-state index in [0.717, 1.165) is 11.1 Å². The first-order valence-electron chi connectivity index (χ1n) is 11.2. The first kappa shape index (κ1) is 23.4. The molecular weight excluding hydrogens is 438 g/mol. The molecule has 1 atom stereocenters. The van der Waals surface area contributed by atoms with Crippen molar-refractivity contribution in [2.45, 2.75) is 19.0 Å². The van der Waals surface area contributed by atoms with Gasteiger partial charge in [0.15, 0.2) is 0 Å². The Bertz CT molecular complexity index is 1230. The minimum Gasteiger partial charge on any atom is -0.457 e. The highest BCUT2D eigenvalue weighted by atomic mass is 16.5. The smallest absolute Gasteiger partial charge is 0.319 e. The van der Waals surface area contributed by atoms with Crippen molar-refractivity contribution < 1.29 is 14.3 Å². The average Bonchev–Trinajstić information content (AvgIpc) is 2.89. The Morgan fingerprint density at radius 3 is 2.26 bits per heavy atom. The first-order chi connectivity index (χ1) is 17.2. The molecule has 4 aromatic carbocycles. The van der Waals surface area contributed by atoms with Crippen molar-refractivity contribution in [3.8, 4) is 11.5 Å². The third-order valence-electron chi connectivity index (χ3n) is 5.17. The summed E-state index contributed by atoms with van der Waals surface area (Å²) in [6, 6.07) is 35.8. The highest BCUT2D eigenvalue weighted by molar-refractivity contribution is 5.94. The van der Waals surface area contributed by atoms with Gasteiger partial charge in [0.1, 0.15) is 17.5 Å². The summed E-state index contributed by atoms with van der Waals surface area (Å²) in [6.45, 7) is 0.377. The minimum absolute atomic E-state index is 0.262. The third-order valence-corrected chi connectivity index (χ3v) is 5.17. The Labute approximate surface area is 205 Å². The van der Waals surface area contributed by atoms with E-state index in [9.17, 15) is 9.59 Å². The molecule has 0 fully saturated rings. The van der Waals surface area contributed by atoms with Crippen LogP contribution in [0.3, 0.4) is 0 Å². The van der Waals surface area contributed by atoms with Crippen LogP contribution < -0.4 is 20.7 Å². The fourth-order valence-electron chi connectivity index (χ4n) is 3.46. The van der Waals surface area contributed by atoms with Gasteiger partial charge < -0.3 is 20.7 Å². The largest absolute Gasteiger partial charge is 0.457 e. The zero-order chi connectivity index (χ0) is 24.3. The van der Waals surface area contributed by atoms with Crippen LogP contribution in [-0.2, 0) is 17.8 Å². The normalized spacial score (nSPS) is 11.0. The van der Waals surface area contributed by atoms with Crippen molar-refractivity contribution in [3.05, 3.63) is 126 Å². The number of ether oxygens (including phenoxy) is 1. The van der Waals surface area contributed by atoms with Crippen LogP contribution in [0.5, 0.6) is 11.5 Å². The summed E-state index contributed by atoms with van der Waals surface area (Å²) in [5, 5.41) is 8.51. The van der Waals surface area contributed by atoms with Crippen molar-refractivity contribution in [1.29, 1.82) is 0 Å². The van der Waals surface area contributed by atoms with Gasteiger partial charge in [-0.2, -0.15) is 0 Å². The average molecular weight is 464 g/mol. The summed E-state index contributed by atoms with van der Waals surface area (Å²) in [4.78, 5) is 25.8. The zero-order valence-corrected chi connectivity index (χ0v) is 19.0. The summed E-state index contributed by atoms with van der Waals surface area (Å²) < 4.78 is 5.79. The summed E-state index contributed by atoms with van der Waals surface area (Å²) in [5.74, 6) is 0.911. The van der Waals surface area contributed by atoms with Gasteiger partial charge in [0.25, 0.3) is 0 Å². The van der Waals surface area contributed by atoms with E-state index in [1.807, 2.05) is 60.7 Å². The predicted octanol–water partition coefficient (Wildman–Crippen LogP) is 5.13. The fraction of sp³-hybridized carbons (Fsp3) is 0.103. The van der Waals surface area contributed by atoms with Crippen molar-refractivity contribution in [2.24, 2.45) is 0 Å². The maximum absolute atomic E-state index is 13.0. The monoisotopic (exact) mass is 463 g/mol. The van der Waals surface area contributed by atoms with Crippen LogP contribution in [0.2, 0.25) is 0 Å². The number of benzene rings is 3. The lowest BCUT2D eigenvalue weighted by Crippen LogP contribution is -2.49. The van der Waals surface area contributed by atoms with Gasteiger partial charge in [-0.05, 0) is 35.4 Å². The highest BCUT2D eigenvalue weighted by Gasteiger charge is 2.21. The number of carbonyl (C=O) groups is 2. The number of hydrogen-bond acceptors (Lipinski definition) is 3. The molecule has 0 aromatic heterocycles. The topological polar surface area (TPSA) is 79.5 Å². The van der Waals surface area contributed by atoms with Crippen LogP contribution in [0.4, 0.5) is 10.5 Å². The SMILES string of the molecule is O=C(Nc1cccc(Oc2cc#ccc2)c1)NC(Cc1ccccc1)C(=O)NCc1ccccc1. The van der Waals surface area contributed by atoms with Gasteiger partial charge in [0.05, 0.1) is 0 Å². The molecule has 35 heavy (non-hydrogen) atoms. The maximum Gasteiger partial charge on any atom is 0.319 e. The second kappa shape index (κ2) is 11.9. The van der Waals surface area contributed by atoms with E-state index < -0.39 is 12.1 Å². The van der Waals surface area contributed by atoms with Crippen LogP contribution in [0, 0.1) is 12.1 Å². The maximum atomic E-state index is 13.0. The molecule has 3 N–H and O–H groups in total. The molecule has 0 aliphatic heterocycles. The van der Waals surface area contributed by atoms with Gasteiger partial charge >= 0.3 is 6.03 Å². The van der Waals surface area contributed by atoms with Crippen LogP contribution in [0.1, 0.15) is 11.1 Å². The van der Waals surface area contributed by atoms with E-state index in [2.05, 4.69) is 28.1 Å².